The molecule has 1 amide bonds. The van der Waals surface area contributed by atoms with E-state index < -0.39 is 0 Å². The molecule has 5 heteroatoms. The van der Waals surface area contributed by atoms with Crippen molar-refractivity contribution in [3.05, 3.63) is 0 Å². The number of hydrazine groups is 1. The average molecular weight is 175 g/mol. The lowest BCUT2D eigenvalue weighted by atomic mass is 10.3. The van der Waals surface area contributed by atoms with Crippen LogP contribution in [0.3, 0.4) is 0 Å². The molecule has 0 aliphatic heterocycles. The van der Waals surface area contributed by atoms with Crippen LogP contribution in [0.4, 0.5) is 0 Å². The van der Waals surface area contributed by atoms with Gasteiger partial charge in [0, 0.05) is 19.5 Å². The maximum atomic E-state index is 10.7. The van der Waals surface area contributed by atoms with Gasteiger partial charge in [0.2, 0.25) is 5.91 Å². The van der Waals surface area contributed by atoms with Crippen LogP contribution >= 0.6 is 0 Å². The summed E-state index contributed by atoms with van der Waals surface area (Å²) < 4.78 is 0. The lowest BCUT2D eigenvalue weighted by Crippen LogP contribution is -2.35. The molecule has 0 rings (SSSR count). The summed E-state index contributed by atoms with van der Waals surface area (Å²) in [5.41, 5.74) is 2.05. The quantitative estimate of drug-likeness (QED) is 0.275. The predicted molar refractivity (Wildman–Crippen MR) is 46.1 cm³/mol. The zero-order valence-electron chi connectivity index (χ0n) is 7.58. The van der Waals surface area contributed by atoms with Crippen LogP contribution in [0.1, 0.15) is 13.3 Å². The molecule has 1 unspecified atom stereocenters. The Bertz CT molecular complexity index is 139. The molecular weight excluding hydrogens is 158 g/mol. The third-order valence-electron chi connectivity index (χ3n) is 1.46. The summed E-state index contributed by atoms with van der Waals surface area (Å²) in [4.78, 5) is 12.6. The van der Waals surface area contributed by atoms with Gasteiger partial charge in [-0.15, -0.1) is 0 Å². The van der Waals surface area contributed by atoms with Crippen molar-refractivity contribution in [3.8, 4) is 0 Å². The summed E-state index contributed by atoms with van der Waals surface area (Å²) in [5.74, 6) is 4.70. The van der Waals surface area contributed by atoms with Crippen LogP contribution in [-0.4, -0.2) is 42.2 Å². The first-order valence-corrected chi connectivity index (χ1v) is 3.92. The van der Waals surface area contributed by atoms with Gasteiger partial charge in [-0.2, -0.15) is 0 Å². The standard InChI is InChI=1S/C7H17N3O2/c1-6(11)5-10(2)4-3-7(12)9-8/h6,11H,3-5,8H2,1-2H3,(H,9,12). The summed E-state index contributed by atoms with van der Waals surface area (Å²) in [6.45, 7) is 2.88. The molecule has 0 fully saturated rings. The highest BCUT2D eigenvalue weighted by atomic mass is 16.3. The first kappa shape index (κ1) is 11.4. The van der Waals surface area contributed by atoms with Gasteiger partial charge >= 0.3 is 0 Å². The Hall–Kier alpha value is -0.650. The molecule has 0 aliphatic carbocycles. The minimum absolute atomic E-state index is 0.188. The van der Waals surface area contributed by atoms with Gasteiger partial charge in [0.05, 0.1) is 6.10 Å². The summed E-state index contributed by atoms with van der Waals surface area (Å²) in [6.07, 6.45) is -0.00404. The minimum atomic E-state index is -0.365. The molecule has 0 radical (unpaired) electrons. The molecule has 0 spiro atoms. The van der Waals surface area contributed by atoms with E-state index in [4.69, 9.17) is 10.9 Å². The second kappa shape index (κ2) is 5.93. The molecule has 1 atom stereocenters. The van der Waals surface area contributed by atoms with Crippen molar-refractivity contribution in [2.24, 2.45) is 5.84 Å². The average Bonchev–Trinajstić information content (AvgIpc) is 1.99. The fourth-order valence-electron chi connectivity index (χ4n) is 0.907. The minimum Gasteiger partial charge on any atom is -0.392 e. The molecule has 12 heavy (non-hydrogen) atoms. The van der Waals surface area contributed by atoms with Gasteiger partial charge in [0.1, 0.15) is 0 Å². The Kier molecular flexibility index (Phi) is 5.61. The summed E-state index contributed by atoms with van der Waals surface area (Å²) >= 11 is 0. The Balaban J connectivity index is 3.43. The van der Waals surface area contributed by atoms with Crippen LogP contribution in [-0.2, 0) is 4.79 Å². The van der Waals surface area contributed by atoms with Crippen molar-refractivity contribution >= 4 is 5.91 Å². The number of aliphatic hydroxyl groups is 1. The Morgan fingerprint density at radius 2 is 2.33 bits per heavy atom. The van der Waals surface area contributed by atoms with Crippen LogP contribution < -0.4 is 11.3 Å². The van der Waals surface area contributed by atoms with E-state index in [0.717, 1.165) is 0 Å². The number of carbonyl (C=O) groups excluding carboxylic acids is 1. The summed E-state index contributed by atoms with van der Waals surface area (Å²) in [6, 6.07) is 0. The molecule has 0 saturated carbocycles. The molecule has 0 bridgehead atoms. The number of nitrogens with one attached hydrogen (secondary N) is 1. The van der Waals surface area contributed by atoms with Crippen molar-refractivity contribution in [2.45, 2.75) is 19.4 Å². The van der Waals surface area contributed by atoms with Gasteiger partial charge < -0.3 is 10.0 Å². The van der Waals surface area contributed by atoms with Gasteiger partial charge in [-0.25, -0.2) is 5.84 Å². The van der Waals surface area contributed by atoms with Gasteiger partial charge in [0.15, 0.2) is 0 Å². The maximum absolute atomic E-state index is 10.7. The third-order valence-corrected chi connectivity index (χ3v) is 1.46. The number of hydrogen-bond donors (Lipinski definition) is 3. The molecular formula is C7H17N3O2. The van der Waals surface area contributed by atoms with Gasteiger partial charge in [-0.3, -0.25) is 10.2 Å². The molecule has 5 nitrogen and oxygen atoms in total. The Morgan fingerprint density at radius 3 is 2.75 bits per heavy atom. The normalized spacial score (nSPS) is 13.1. The summed E-state index contributed by atoms with van der Waals surface area (Å²) in [7, 11) is 1.84. The summed E-state index contributed by atoms with van der Waals surface area (Å²) in [5, 5.41) is 8.98. The molecule has 0 aromatic rings. The zero-order chi connectivity index (χ0) is 9.56. The monoisotopic (exact) mass is 175 g/mol. The fourth-order valence-corrected chi connectivity index (χ4v) is 0.907. The van der Waals surface area contributed by atoms with Crippen LogP contribution in [0.25, 0.3) is 0 Å². The Morgan fingerprint density at radius 1 is 1.75 bits per heavy atom. The van der Waals surface area contributed by atoms with Gasteiger partial charge in [-0.05, 0) is 14.0 Å². The number of likely N-dealkylation sites (N-methyl/N-ethyl adjacent to an activating group) is 1. The van der Waals surface area contributed by atoms with Gasteiger partial charge in [0.25, 0.3) is 0 Å². The number of carbonyl (C=O) groups is 1. The van der Waals surface area contributed by atoms with Crippen molar-refractivity contribution in [3.63, 3.8) is 0 Å². The number of rotatable bonds is 5. The van der Waals surface area contributed by atoms with E-state index in [9.17, 15) is 4.79 Å². The number of nitrogens with two attached hydrogens (primary N) is 1. The van der Waals surface area contributed by atoms with Crippen molar-refractivity contribution in [2.75, 3.05) is 20.1 Å². The SMILES string of the molecule is CC(O)CN(C)CCC(=O)NN. The van der Waals surface area contributed by atoms with E-state index in [1.165, 1.54) is 0 Å². The number of hydrogen-bond acceptors (Lipinski definition) is 4. The smallest absolute Gasteiger partial charge is 0.235 e. The highest BCUT2D eigenvalue weighted by molar-refractivity contribution is 5.75. The molecule has 72 valence electrons. The van der Waals surface area contributed by atoms with Gasteiger partial charge in [-0.1, -0.05) is 0 Å². The molecule has 4 N–H and O–H groups in total. The van der Waals surface area contributed by atoms with Crippen LogP contribution in [0.15, 0.2) is 0 Å². The third kappa shape index (κ3) is 6.09. The van der Waals surface area contributed by atoms with E-state index >= 15 is 0 Å². The van der Waals surface area contributed by atoms with Crippen LogP contribution in [0.2, 0.25) is 0 Å². The number of nitrogens with zero attached hydrogens (tertiary/aromatic N) is 1. The van der Waals surface area contributed by atoms with E-state index in [0.29, 0.717) is 19.5 Å². The molecule has 0 saturated heterocycles. The van der Waals surface area contributed by atoms with Crippen LogP contribution in [0, 0.1) is 0 Å². The first-order chi connectivity index (χ1) is 5.56. The van der Waals surface area contributed by atoms with Crippen molar-refractivity contribution < 1.29 is 9.90 Å². The highest BCUT2D eigenvalue weighted by Crippen LogP contribution is 1.90. The maximum Gasteiger partial charge on any atom is 0.235 e. The van der Waals surface area contributed by atoms with E-state index in [1.807, 2.05) is 17.4 Å². The van der Waals surface area contributed by atoms with E-state index in [2.05, 4.69) is 0 Å². The molecule has 0 aromatic heterocycles. The zero-order valence-corrected chi connectivity index (χ0v) is 7.58. The lowest BCUT2D eigenvalue weighted by molar-refractivity contribution is -0.121. The molecule has 0 aromatic carbocycles. The second-order valence-corrected chi connectivity index (χ2v) is 2.93. The van der Waals surface area contributed by atoms with Crippen molar-refractivity contribution in [1.29, 1.82) is 0 Å². The van der Waals surface area contributed by atoms with Crippen LogP contribution in [0.5, 0.6) is 0 Å². The number of aliphatic hydroxyl groups excluding tert-OH is 1. The predicted octanol–water partition coefficient (Wildman–Crippen LogP) is -1.32. The first-order valence-electron chi connectivity index (χ1n) is 3.92. The van der Waals surface area contributed by atoms with E-state index in [1.54, 1.807) is 6.92 Å². The lowest BCUT2D eigenvalue weighted by Gasteiger charge is -2.17. The Labute approximate surface area is 72.5 Å². The second-order valence-electron chi connectivity index (χ2n) is 2.93. The largest absolute Gasteiger partial charge is 0.392 e. The molecule has 0 heterocycles. The number of amides is 1. The topological polar surface area (TPSA) is 78.6 Å². The van der Waals surface area contributed by atoms with Crippen molar-refractivity contribution in [1.82, 2.24) is 10.3 Å². The highest BCUT2D eigenvalue weighted by Gasteiger charge is 2.04. The van der Waals surface area contributed by atoms with E-state index in [-0.39, 0.29) is 12.0 Å². The fraction of sp³-hybridized carbons (Fsp3) is 0.857. The molecule has 0 aliphatic rings.